The lowest BCUT2D eigenvalue weighted by Gasteiger charge is -2.29. The number of hydrogen-bond acceptors (Lipinski definition) is 5. The summed E-state index contributed by atoms with van der Waals surface area (Å²) in [4.78, 5) is 14.2. The number of likely N-dealkylation sites (tertiary alicyclic amines) is 1. The van der Waals surface area contributed by atoms with E-state index in [0.717, 1.165) is 36.1 Å². The highest BCUT2D eigenvalue weighted by atomic mass is 16.6. The van der Waals surface area contributed by atoms with Gasteiger partial charge in [0.2, 0.25) is 0 Å². The van der Waals surface area contributed by atoms with Gasteiger partial charge in [-0.05, 0) is 64.2 Å². The third kappa shape index (κ3) is 5.53. The van der Waals surface area contributed by atoms with Crippen LogP contribution in [0.25, 0.3) is 0 Å². The molecule has 0 aromatic heterocycles. The van der Waals surface area contributed by atoms with Gasteiger partial charge in [0.1, 0.15) is 5.60 Å². The Hall–Kier alpha value is -1.95. The molecule has 6 heteroatoms. The molecule has 1 heterocycles. The molecule has 1 saturated heterocycles. The fraction of sp³-hybridized carbons (Fsp3) is 0.632. The summed E-state index contributed by atoms with van der Waals surface area (Å²) in [7, 11) is 0. The number of nitrogens with one attached hydrogen (secondary N) is 1. The lowest BCUT2D eigenvalue weighted by molar-refractivity contribution is 0.0252. The molecule has 1 aliphatic heterocycles. The van der Waals surface area contributed by atoms with Crippen LogP contribution in [0.4, 0.5) is 16.2 Å². The normalized spacial score (nSPS) is 18.6. The maximum absolute atomic E-state index is 12.4. The number of anilines is 2. The minimum absolute atomic E-state index is 0.0266. The molecule has 0 radical (unpaired) electrons. The smallest absolute Gasteiger partial charge is 0.410 e. The van der Waals surface area contributed by atoms with E-state index in [1.54, 1.807) is 11.0 Å². The van der Waals surface area contributed by atoms with Crippen molar-refractivity contribution in [3.63, 3.8) is 0 Å². The number of hydrogen-bond donors (Lipinski definition) is 3. The molecule has 25 heavy (non-hydrogen) atoms. The molecular formula is C19H31N3O3. The van der Waals surface area contributed by atoms with Crippen molar-refractivity contribution in [2.45, 2.75) is 65.2 Å². The molecule has 0 bridgehead atoms. The van der Waals surface area contributed by atoms with Crippen molar-refractivity contribution in [1.29, 1.82) is 0 Å². The number of carbonyl (C=O) groups is 1. The SMILES string of the molecule is Cc1cc(CO)cc(N)c1NC1CCCCN(C(=O)OC(C)(C)C)C1. The van der Waals surface area contributed by atoms with E-state index in [-0.39, 0.29) is 18.7 Å². The van der Waals surface area contributed by atoms with Crippen molar-refractivity contribution in [3.05, 3.63) is 23.3 Å². The van der Waals surface area contributed by atoms with Gasteiger partial charge in [-0.15, -0.1) is 0 Å². The Morgan fingerprint density at radius 3 is 2.72 bits per heavy atom. The molecule has 1 amide bonds. The van der Waals surface area contributed by atoms with E-state index in [0.29, 0.717) is 18.8 Å². The Morgan fingerprint density at radius 1 is 1.40 bits per heavy atom. The van der Waals surface area contributed by atoms with E-state index >= 15 is 0 Å². The fourth-order valence-electron chi connectivity index (χ4n) is 3.14. The van der Waals surface area contributed by atoms with Crippen molar-refractivity contribution in [1.82, 2.24) is 4.90 Å². The topological polar surface area (TPSA) is 87.8 Å². The molecule has 0 saturated carbocycles. The number of nitrogen functional groups attached to an aromatic ring is 1. The molecule has 1 fully saturated rings. The van der Waals surface area contributed by atoms with Crippen LogP contribution in [0.2, 0.25) is 0 Å². The maximum atomic E-state index is 12.4. The number of nitrogens with two attached hydrogens (primary N) is 1. The average molecular weight is 349 g/mol. The Bertz CT molecular complexity index is 587. The predicted molar refractivity (Wildman–Crippen MR) is 101 cm³/mol. The number of carbonyl (C=O) groups excluding carboxylic acids is 1. The number of aryl methyl sites for hydroxylation is 1. The van der Waals surface area contributed by atoms with Gasteiger partial charge in [-0.2, -0.15) is 0 Å². The van der Waals surface area contributed by atoms with E-state index in [9.17, 15) is 9.90 Å². The fourth-order valence-corrected chi connectivity index (χ4v) is 3.14. The molecule has 6 nitrogen and oxygen atoms in total. The Balaban J connectivity index is 2.10. The summed E-state index contributed by atoms with van der Waals surface area (Å²) in [5.74, 6) is 0. The quantitative estimate of drug-likeness (QED) is 0.729. The number of benzene rings is 1. The molecular weight excluding hydrogens is 318 g/mol. The van der Waals surface area contributed by atoms with Crippen LogP contribution >= 0.6 is 0 Å². The molecule has 0 aliphatic carbocycles. The second-order valence-corrected chi connectivity index (χ2v) is 7.80. The van der Waals surface area contributed by atoms with E-state index < -0.39 is 5.60 Å². The highest BCUT2D eigenvalue weighted by Gasteiger charge is 2.26. The van der Waals surface area contributed by atoms with Crippen LogP contribution in [0.1, 0.15) is 51.2 Å². The second kappa shape index (κ2) is 7.95. The molecule has 1 aromatic rings. The number of amides is 1. The van der Waals surface area contributed by atoms with Crippen LogP contribution in [0.15, 0.2) is 12.1 Å². The standard InChI is InChI=1S/C19H31N3O3/c1-13-9-14(12-23)10-16(20)17(13)21-15-7-5-6-8-22(11-15)18(24)25-19(2,3)4/h9-10,15,21,23H,5-8,11-12,20H2,1-4H3. The second-order valence-electron chi connectivity index (χ2n) is 7.80. The minimum Gasteiger partial charge on any atom is -0.444 e. The Labute approximate surface area is 150 Å². The largest absolute Gasteiger partial charge is 0.444 e. The molecule has 140 valence electrons. The molecule has 4 N–H and O–H groups in total. The summed E-state index contributed by atoms with van der Waals surface area (Å²) in [6.07, 6.45) is 2.72. The number of rotatable bonds is 3. The third-order valence-corrected chi connectivity index (χ3v) is 4.28. The van der Waals surface area contributed by atoms with Crippen LogP contribution in [0.5, 0.6) is 0 Å². The predicted octanol–water partition coefficient (Wildman–Crippen LogP) is 3.27. The van der Waals surface area contributed by atoms with Gasteiger partial charge in [0, 0.05) is 19.1 Å². The van der Waals surface area contributed by atoms with Crippen LogP contribution in [-0.4, -0.2) is 40.8 Å². The number of nitrogens with zero attached hydrogens (tertiary/aromatic N) is 1. The zero-order valence-electron chi connectivity index (χ0n) is 15.8. The van der Waals surface area contributed by atoms with Gasteiger partial charge in [0.25, 0.3) is 0 Å². The first kappa shape index (κ1) is 19.4. The first-order valence-electron chi connectivity index (χ1n) is 8.94. The van der Waals surface area contributed by atoms with E-state index in [2.05, 4.69) is 5.32 Å². The van der Waals surface area contributed by atoms with Gasteiger partial charge >= 0.3 is 6.09 Å². The summed E-state index contributed by atoms with van der Waals surface area (Å²) < 4.78 is 5.52. The lowest BCUT2D eigenvalue weighted by atomic mass is 10.1. The van der Waals surface area contributed by atoms with Gasteiger partial charge in [0.05, 0.1) is 18.0 Å². The molecule has 2 rings (SSSR count). The molecule has 1 aromatic carbocycles. The summed E-state index contributed by atoms with van der Waals surface area (Å²) in [5.41, 5.74) is 8.97. The number of aliphatic hydroxyl groups is 1. The first-order valence-corrected chi connectivity index (χ1v) is 8.94. The van der Waals surface area contributed by atoms with Crippen molar-refractivity contribution in [2.75, 3.05) is 24.1 Å². The lowest BCUT2D eigenvalue weighted by Crippen LogP contribution is -2.42. The van der Waals surface area contributed by atoms with Crippen molar-refractivity contribution in [3.8, 4) is 0 Å². The zero-order valence-corrected chi connectivity index (χ0v) is 15.8. The van der Waals surface area contributed by atoms with Crippen LogP contribution in [-0.2, 0) is 11.3 Å². The van der Waals surface area contributed by atoms with Crippen LogP contribution in [0.3, 0.4) is 0 Å². The Morgan fingerprint density at radius 2 is 2.12 bits per heavy atom. The highest BCUT2D eigenvalue weighted by molar-refractivity contribution is 5.72. The summed E-state index contributed by atoms with van der Waals surface area (Å²) in [6.45, 7) is 8.89. The molecule has 1 aliphatic rings. The van der Waals surface area contributed by atoms with Crippen molar-refractivity contribution < 1.29 is 14.6 Å². The Kier molecular flexibility index (Phi) is 6.16. The highest BCUT2D eigenvalue weighted by Crippen LogP contribution is 2.28. The van der Waals surface area contributed by atoms with E-state index in [1.807, 2.05) is 33.8 Å². The minimum atomic E-state index is -0.493. The van der Waals surface area contributed by atoms with Gasteiger partial charge < -0.3 is 25.8 Å². The number of ether oxygens (including phenoxy) is 1. The number of aliphatic hydroxyl groups excluding tert-OH is 1. The summed E-state index contributed by atoms with van der Waals surface area (Å²) in [6, 6.07) is 3.84. The molecule has 0 spiro atoms. The maximum Gasteiger partial charge on any atom is 0.410 e. The van der Waals surface area contributed by atoms with Crippen molar-refractivity contribution >= 4 is 17.5 Å². The van der Waals surface area contributed by atoms with Gasteiger partial charge in [0.15, 0.2) is 0 Å². The molecule has 1 atom stereocenters. The summed E-state index contributed by atoms with van der Waals surface area (Å²) in [5, 5.41) is 12.8. The van der Waals surface area contributed by atoms with Crippen LogP contribution < -0.4 is 11.1 Å². The molecule has 1 unspecified atom stereocenters. The van der Waals surface area contributed by atoms with E-state index in [4.69, 9.17) is 10.5 Å². The zero-order chi connectivity index (χ0) is 18.6. The van der Waals surface area contributed by atoms with Crippen molar-refractivity contribution in [2.24, 2.45) is 0 Å². The van der Waals surface area contributed by atoms with Gasteiger partial charge in [-0.25, -0.2) is 4.79 Å². The van der Waals surface area contributed by atoms with Gasteiger partial charge in [-0.3, -0.25) is 0 Å². The monoisotopic (exact) mass is 349 g/mol. The first-order chi connectivity index (χ1) is 11.7. The van der Waals surface area contributed by atoms with Crippen LogP contribution in [0, 0.1) is 6.92 Å². The van der Waals surface area contributed by atoms with E-state index in [1.165, 1.54) is 0 Å². The van der Waals surface area contributed by atoms with Gasteiger partial charge in [-0.1, -0.05) is 6.07 Å². The summed E-state index contributed by atoms with van der Waals surface area (Å²) >= 11 is 0. The average Bonchev–Trinajstić information content (AvgIpc) is 2.74. The third-order valence-electron chi connectivity index (χ3n) is 4.28.